The van der Waals surface area contributed by atoms with E-state index in [-0.39, 0.29) is 0 Å². The smallest absolute Gasteiger partial charge is 0.303 e. The van der Waals surface area contributed by atoms with Gasteiger partial charge in [0.05, 0.1) is 0 Å². The predicted molar refractivity (Wildman–Crippen MR) is 151 cm³/mol. The Morgan fingerprint density at radius 1 is 0.353 bits per heavy atom. The fraction of sp³-hybridized carbons (Fsp3) is 0.929. The molecule has 0 saturated heterocycles. The fourth-order valence-electron chi connectivity index (χ4n) is 4.17. The first-order valence-electron chi connectivity index (χ1n) is 14.3. The maximum atomic E-state index is 10.4. The first-order chi connectivity index (χ1) is 16.6. The zero-order valence-corrected chi connectivity index (χ0v) is 23.5. The van der Waals surface area contributed by atoms with Crippen LogP contribution >= 0.6 is 21.6 Å². The van der Waals surface area contributed by atoms with Gasteiger partial charge >= 0.3 is 11.9 Å². The Bertz CT molecular complexity index is 406. The van der Waals surface area contributed by atoms with Crippen molar-refractivity contribution in [3.8, 4) is 0 Å². The third-order valence-electron chi connectivity index (χ3n) is 6.32. The second kappa shape index (κ2) is 28.9. The van der Waals surface area contributed by atoms with Crippen molar-refractivity contribution >= 4 is 33.5 Å². The molecule has 4 nitrogen and oxygen atoms in total. The maximum absolute atomic E-state index is 10.4. The van der Waals surface area contributed by atoms with Gasteiger partial charge in [-0.3, -0.25) is 9.59 Å². The highest BCUT2D eigenvalue weighted by Gasteiger charge is 1.99. The van der Waals surface area contributed by atoms with Gasteiger partial charge in [-0.25, -0.2) is 0 Å². The number of carbonyl (C=O) groups is 2. The van der Waals surface area contributed by atoms with Gasteiger partial charge in [0.25, 0.3) is 0 Å². The van der Waals surface area contributed by atoms with Gasteiger partial charge in [-0.15, -0.1) is 0 Å². The summed E-state index contributed by atoms with van der Waals surface area (Å²) in [6.45, 7) is 0. The van der Waals surface area contributed by atoms with Crippen molar-refractivity contribution in [3.63, 3.8) is 0 Å². The molecule has 0 aliphatic rings. The van der Waals surface area contributed by atoms with Crippen molar-refractivity contribution < 1.29 is 19.8 Å². The van der Waals surface area contributed by atoms with E-state index in [1.165, 1.54) is 127 Å². The first-order valence-corrected chi connectivity index (χ1v) is 16.8. The Balaban J connectivity index is 3.03. The Kier molecular flexibility index (Phi) is 28.6. The highest BCUT2D eigenvalue weighted by molar-refractivity contribution is 8.76. The van der Waals surface area contributed by atoms with E-state index in [2.05, 4.69) is 21.6 Å². The van der Waals surface area contributed by atoms with E-state index in [0.717, 1.165) is 25.7 Å². The van der Waals surface area contributed by atoms with Crippen LogP contribution in [0.2, 0.25) is 0 Å². The van der Waals surface area contributed by atoms with Crippen molar-refractivity contribution in [1.29, 1.82) is 0 Å². The summed E-state index contributed by atoms with van der Waals surface area (Å²) in [6.07, 6.45) is 28.5. The molecular formula is C28H54O4S2. The lowest BCUT2D eigenvalue weighted by molar-refractivity contribution is -0.138. The number of aliphatic carboxylic acids is 2. The lowest BCUT2D eigenvalue weighted by Gasteiger charge is -2.04. The summed E-state index contributed by atoms with van der Waals surface area (Å²) in [4.78, 5) is 20.9. The molecule has 0 aliphatic heterocycles. The molecule has 0 aliphatic carbocycles. The number of hydrogen-bond acceptors (Lipinski definition) is 4. The Labute approximate surface area is 218 Å². The number of carboxylic acid groups (broad SMARTS) is 2. The van der Waals surface area contributed by atoms with Crippen molar-refractivity contribution in [3.05, 3.63) is 0 Å². The number of carboxylic acids is 2. The number of rotatable bonds is 29. The largest absolute Gasteiger partial charge is 0.481 e. The Morgan fingerprint density at radius 3 is 0.794 bits per heavy atom. The third-order valence-corrected chi connectivity index (χ3v) is 8.90. The molecule has 0 rings (SSSR count). The van der Waals surface area contributed by atoms with E-state index in [0.29, 0.717) is 12.8 Å². The highest BCUT2D eigenvalue weighted by Crippen LogP contribution is 2.25. The van der Waals surface area contributed by atoms with Crippen LogP contribution in [0.4, 0.5) is 0 Å². The number of unbranched alkanes of at least 4 members (excludes halogenated alkanes) is 20. The van der Waals surface area contributed by atoms with Crippen LogP contribution in [-0.4, -0.2) is 33.7 Å². The molecule has 0 amide bonds. The van der Waals surface area contributed by atoms with Crippen molar-refractivity contribution in [2.24, 2.45) is 0 Å². The minimum Gasteiger partial charge on any atom is -0.481 e. The fourth-order valence-corrected chi connectivity index (χ4v) is 6.47. The van der Waals surface area contributed by atoms with Gasteiger partial charge in [-0.2, -0.15) is 0 Å². The van der Waals surface area contributed by atoms with Crippen LogP contribution in [0.1, 0.15) is 154 Å². The molecular weight excluding hydrogens is 464 g/mol. The first kappa shape index (κ1) is 33.6. The van der Waals surface area contributed by atoms with E-state index >= 15 is 0 Å². The molecule has 0 aromatic heterocycles. The van der Waals surface area contributed by atoms with Crippen LogP contribution in [0.15, 0.2) is 0 Å². The molecule has 202 valence electrons. The predicted octanol–water partition coefficient (Wildman–Crippen LogP) is 9.90. The van der Waals surface area contributed by atoms with Gasteiger partial charge in [-0.1, -0.05) is 137 Å². The summed E-state index contributed by atoms with van der Waals surface area (Å²) in [5.41, 5.74) is 0. The van der Waals surface area contributed by atoms with Gasteiger partial charge in [-0.05, 0) is 25.7 Å². The Morgan fingerprint density at radius 2 is 0.559 bits per heavy atom. The van der Waals surface area contributed by atoms with E-state index in [1.54, 1.807) is 0 Å². The number of hydrogen-bond donors (Lipinski definition) is 2. The van der Waals surface area contributed by atoms with E-state index < -0.39 is 11.9 Å². The van der Waals surface area contributed by atoms with Crippen LogP contribution in [0.3, 0.4) is 0 Å². The lowest BCUT2D eigenvalue weighted by atomic mass is 10.1. The van der Waals surface area contributed by atoms with Crippen molar-refractivity contribution in [2.75, 3.05) is 11.5 Å². The van der Waals surface area contributed by atoms with Crippen LogP contribution in [0.25, 0.3) is 0 Å². The van der Waals surface area contributed by atoms with E-state index in [4.69, 9.17) is 10.2 Å². The molecule has 0 bridgehead atoms. The minimum absolute atomic E-state index is 0.333. The SMILES string of the molecule is O=C(O)CCCCCCCCCCCCCSSCCCCCCCCCCCCCC(=O)O. The lowest BCUT2D eigenvalue weighted by Crippen LogP contribution is -1.93. The summed E-state index contributed by atoms with van der Waals surface area (Å²) in [6, 6.07) is 0. The average Bonchev–Trinajstić information content (AvgIpc) is 2.80. The summed E-state index contributed by atoms with van der Waals surface area (Å²) in [7, 11) is 4.14. The molecule has 0 aromatic rings. The summed E-state index contributed by atoms with van der Waals surface area (Å²) >= 11 is 0. The topological polar surface area (TPSA) is 74.6 Å². The standard InChI is InChI=1S/C28H54O4S2/c29-27(30)23-19-15-11-7-3-1-5-9-13-17-21-25-33-34-26-22-18-14-10-6-2-4-8-12-16-20-24-28(31)32/h1-26H2,(H,29,30)(H,31,32). The maximum Gasteiger partial charge on any atom is 0.303 e. The summed E-state index contributed by atoms with van der Waals surface area (Å²) < 4.78 is 0. The van der Waals surface area contributed by atoms with Crippen LogP contribution < -0.4 is 0 Å². The van der Waals surface area contributed by atoms with Crippen LogP contribution in [-0.2, 0) is 9.59 Å². The second-order valence-electron chi connectivity index (χ2n) is 9.71. The van der Waals surface area contributed by atoms with Crippen molar-refractivity contribution in [2.45, 2.75) is 154 Å². The summed E-state index contributed by atoms with van der Waals surface area (Å²) in [5, 5.41) is 17.2. The minimum atomic E-state index is -0.661. The summed E-state index contributed by atoms with van der Waals surface area (Å²) in [5.74, 6) is 1.28. The van der Waals surface area contributed by atoms with Gasteiger partial charge < -0.3 is 10.2 Å². The molecule has 34 heavy (non-hydrogen) atoms. The molecule has 0 spiro atoms. The van der Waals surface area contributed by atoms with Gasteiger partial charge in [0.1, 0.15) is 0 Å². The van der Waals surface area contributed by atoms with Crippen molar-refractivity contribution in [1.82, 2.24) is 0 Å². The molecule has 0 saturated carbocycles. The molecule has 0 fully saturated rings. The average molecular weight is 519 g/mol. The zero-order valence-electron chi connectivity index (χ0n) is 21.9. The van der Waals surface area contributed by atoms with E-state index in [1.807, 2.05) is 0 Å². The molecule has 2 N–H and O–H groups in total. The molecule has 0 unspecified atom stereocenters. The second-order valence-corrected chi connectivity index (χ2v) is 12.4. The van der Waals surface area contributed by atoms with Gasteiger partial charge in [0.15, 0.2) is 0 Å². The molecule has 0 aromatic carbocycles. The normalized spacial score (nSPS) is 11.2. The van der Waals surface area contributed by atoms with Crippen LogP contribution in [0.5, 0.6) is 0 Å². The monoisotopic (exact) mass is 518 g/mol. The van der Waals surface area contributed by atoms with Gasteiger partial charge in [0, 0.05) is 24.3 Å². The Hall–Kier alpha value is -0.360. The zero-order chi connectivity index (χ0) is 25.0. The highest BCUT2D eigenvalue weighted by atomic mass is 33.1. The third kappa shape index (κ3) is 31.6. The molecule has 0 radical (unpaired) electrons. The molecule has 6 heteroatoms. The molecule has 0 atom stereocenters. The molecule has 0 heterocycles. The quantitative estimate of drug-likeness (QED) is 0.0758. The van der Waals surface area contributed by atoms with E-state index in [9.17, 15) is 9.59 Å². The van der Waals surface area contributed by atoms with Gasteiger partial charge in [0.2, 0.25) is 0 Å². The van der Waals surface area contributed by atoms with Crippen LogP contribution in [0, 0.1) is 0 Å².